The molecule has 4 aromatic rings. The van der Waals surface area contributed by atoms with Crippen LogP contribution in [0.15, 0.2) is 101 Å². The van der Waals surface area contributed by atoms with E-state index in [-0.39, 0.29) is 5.91 Å². The summed E-state index contributed by atoms with van der Waals surface area (Å²) in [7, 11) is 0. The molecule has 0 unspecified atom stereocenters. The lowest BCUT2D eigenvalue weighted by Crippen LogP contribution is -2.18. The summed E-state index contributed by atoms with van der Waals surface area (Å²) in [6.45, 7) is 0. The van der Waals surface area contributed by atoms with E-state index in [1.54, 1.807) is 12.3 Å². The average Bonchev–Trinajstić information content (AvgIpc) is 3.40. The second-order valence-electron chi connectivity index (χ2n) is 6.12. The molecule has 0 aliphatic heterocycles. The minimum Gasteiger partial charge on any atom is -0.324 e. The molecule has 0 atom stereocenters. The zero-order valence-corrected chi connectivity index (χ0v) is 16.5. The second-order valence-corrected chi connectivity index (χ2v) is 7.04. The Morgan fingerprint density at radius 2 is 1.68 bits per heavy atom. The van der Waals surface area contributed by atoms with Crippen LogP contribution in [0.1, 0.15) is 16.1 Å². The molecule has 0 fully saturated rings. The van der Waals surface area contributed by atoms with Crippen LogP contribution in [-0.4, -0.2) is 21.3 Å². The first-order chi connectivity index (χ1) is 13.7. The number of nitrogens with one attached hydrogen (secondary N) is 1. The summed E-state index contributed by atoms with van der Waals surface area (Å²) in [5.74, 6) is -0.259. The minimum atomic E-state index is -0.259. The summed E-state index contributed by atoms with van der Waals surface area (Å²) in [4.78, 5) is 12.4. The van der Waals surface area contributed by atoms with Crippen molar-refractivity contribution in [2.24, 2.45) is 5.10 Å². The normalized spacial score (nSPS) is 11.0. The third-order valence-corrected chi connectivity index (χ3v) is 4.73. The van der Waals surface area contributed by atoms with Crippen LogP contribution in [0.4, 0.5) is 0 Å². The van der Waals surface area contributed by atoms with Gasteiger partial charge in [0.25, 0.3) is 5.91 Å². The van der Waals surface area contributed by atoms with Gasteiger partial charge in [0.15, 0.2) is 0 Å². The zero-order chi connectivity index (χ0) is 19.3. The molecule has 28 heavy (non-hydrogen) atoms. The number of hydrogen-bond donors (Lipinski definition) is 1. The fourth-order valence-electron chi connectivity index (χ4n) is 2.90. The molecule has 2 heterocycles. The fraction of sp³-hybridized carbons (Fsp3) is 0. The van der Waals surface area contributed by atoms with Crippen molar-refractivity contribution in [3.05, 3.63) is 107 Å². The van der Waals surface area contributed by atoms with Gasteiger partial charge in [-0.15, -0.1) is 0 Å². The van der Waals surface area contributed by atoms with Crippen LogP contribution in [-0.2, 0) is 0 Å². The molecule has 6 heteroatoms. The summed E-state index contributed by atoms with van der Waals surface area (Å²) < 4.78 is 4.94. The number of carbonyl (C=O) groups excluding carboxylic acids is 1. The van der Waals surface area contributed by atoms with E-state index in [1.165, 1.54) is 0 Å². The number of hydrazone groups is 1. The zero-order valence-electron chi connectivity index (χ0n) is 14.9. The van der Waals surface area contributed by atoms with E-state index in [1.807, 2.05) is 94.5 Å². The van der Waals surface area contributed by atoms with E-state index in [0.29, 0.717) is 5.56 Å². The largest absolute Gasteiger partial charge is 0.324 e. The molecule has 1 N–H and O–H groups in total. The van der Waals surface area contributed by atoms with Gasteiger partial charge >= 0.3 is 0 Å². The number of halogens is 1. The van der Waals surface area contributed by atoms with Crippen molar-refractivity contribution in [3.63, 3.8) is 0 Å². The second kappa shape index (κ2) is 8.10. The van der Waals surface area contributed by atoms with E-state index >= 15 is 0 Å². The number of hydrogen-bond acceptors (Lipinski definition) is 2. The maximum absolute atomic E-state index is 12.4. The molecule has 0 aliphatic rings. The van der Waals surface area contributed by atoms with Gasteiger partial charge in [-0.25, -0.2) is 5.43 Å². The first-order valence-corrected chi connectivity index (χ1v) is 9.50. The van der Waals surface area contributed by atoms with Crippen LogP contribution in [0.5, 0.6) is 0 Å². The number of nitrogens with zero attached hydrogens (tertiary/aromatic N) is 3. The summed E-state index contributed by atoms with van der Waals surface area (Å²) in [5, 5.41) is 4.13. The topological polar surface area (TPSA) is 51.3 Å². The molecule has 2 aromatic heterocycles. The lowest BCUT2D eigenvalue weighted by Gasteiger charge is -2.07. The standard InChI is InChI=1S/C22H17BrN4O/c23-18-7-4-9-20(15-18)27-13-5-10-21(27)16-24-25-22(28)17-6-3-8-19(14-17)26-11-1-2-12-26/h1-16H,(H,25,28)/b24-16+. The number of rotatable bonds is 5. The fourth-order valence-corrected chi connectivity index (χ4v) is 3.28. The van der Waals surface area contributed by atoms with Crippen LogP contribution in [0.2, 0.25) is 0 Å². The molecule has 0 saturated heterocycles. The quantitative estimate of drug-likeness (QED) is 0.357. The Bertz CT molecular complexity index is 1130. The summed E-state index contributed by atoms with van der Waals surface area (Å²) >= 11 is 3.48. The Labute approximate surface area is 171 Å². The molecular formula is C22H17BrN4O. The first kappa shape index (κ1) is 18.0. The summed E-state index contributed by atoms with van der Waals surface area (Å²) in [6, 6.07) is 23.1. The third-order valence-electron chi connectivity index (χ3n) is 4.24. The Kier molecular flexibility index (Phi) is 5.21. The number of aromatic nitrogens is 2. The Morgan fingerprint density at radius 1 is 0.893 bits per heavy atom. The van der Waals surface area contributed by atoms with E-state index in [0.717, 1.165) is 21.5 Å². The van der Waals surface area contributed by atoms with Crippen LogP contribution in [0.3, 0.4) is 0 Å². The van der Waals surface area contributed by atoms with E-state index in [9.17, 15) is 4.79 Å². The highest BCUT2D eigenvalue weighted by molar-refractivity contribution is 9.10. The van der Waals surface area contributed by atoms with Crippen LogP contribution in [0, 0.1) is 0 Å². The number of carbonyl (C=O) groups is 1. The van der Waals surface area contributed by atoms with Crippen LogP contribution < -0.4 is 5.43 Å². The van der Waals surface area contributed by atoms with Crippen molar-refractivity contribution < 1.29 is 4.79 Å². The van der Waals surface area contributed by atoms with Crippen molar-refractivity contribution in [2.75, 3.05) is 0 Å². The van der Waals surface area contributed by atoms with Gasteiger partial charge in [0, 0.05) is 40.0 Å². The molecule has 0 aliphatic carbocycles. The van der Waals surface area contributed by atoms with Crippen molar-refractivity contribution >= 4 is 28.1 Å². The van der Waals surface area contributed by atoms with Crippen molar-refractivity contribution in [2.45, 2.75) is 0 Å². The predicted molar refractivity (Wildman–Crippen MR) is 114 cm³/mol. The first-order valence-electron chi connectivity index (χ1n) is 8.71. The third kappa shape index (κ3) is 3.97. The molecule has 0 spiro atoms. The smallest absolute Gasteiger partial charge is 0.271 e. The molecule has 0 bridgehead atoms. The summed E-state index contributed by atoms with van der Waals surface area (Å²) in [5.41, 5.74) is 5.93. The monoisotopic (exact) mass is 432 g/mol. The summed E-state index contributed by atoms with van der Waals surface area (Å²) in [6.07, 6.45) is 7.45. The van der Waals surface area contributed by atoms with Crippen LogP contribution >= 0.6 is 15.9 Å². The van der Waals surface area contributed by atoms with Gasteiger partial charge in [-0.2, -0.15) is 5.10 Å². The Hall–Kier alpha value is -3.38. The molecular weight excluding hydrogens is 416 g/mol. The lowest BCUT2D eigenvalue weighted by molar-refractivity contribution is 0.0955. The lowest BCUT2D eigenvalue weighted by atomic mass is 10.2. The Balaban J connectivity index is 1.48. The van der Waals surface area contributed by atoms with Crippen molar-refractivity contribution in [3.8, 4) is 11.4 Å². The molecule has 0 saturated carbocycles. The van der Waals surface area contributed by atoms with Crippen molar-refractivity contribution in [1.82, 2.24) is 14.6 Å². The molecule has 138 valence electrons. The van der Waals surface area contributed by atoms with E-state index < -0.39 is 0 Å². The SMILES string of the molecule is O=C(N/N=C/c1cccn1-c1cccc(Br)c1)c1cccc(-n2cccc2)c1. The highest BCUT2D eigenvalue weighted by atomic mass is 79.9. The number of benzene rings is 2. The average molecular weight is 433 g/mol. The highest BCUT2D eigenvalue weighted by Crippen LogP contribution is 2.17. The molecule has 4 rings (SSSR count). The molecule has 0 radical (unpaired) electrons. The molecule has 2 aromatic carbocycles. The van der Waals surface area contributed by atoms with Gasteiger partial charge in [-0.1, -0.05) is 28.1 Å². The molecule has 5 nitrogen and oxygen atoms in total. The van der Waals surface area contributed by atoms with Gasteiger partial charge in [0.1, 0.15) is 0 Å². The van der Waals surface area contributed by atoms with Gasteiger partial charge in [-0.05, 0) is 60.7 Å². The predicted octanol–water partition coefficient (Wildman–Crippen LogP) is 4.79. The van der Waals surface area contributed by atoms with E-state index in [4.69, 9.17) is 0 Å². The maximum atomic E-state index is 12.4. The van der Waals surface area contributed by atoms with Gasteiger partial charge in [-0.3, -0.25) is 4.79 Å². The van der Waals surface area contributed by atoms with Gasteiger partial charge < -0.3 is 9.13 Å². The van der Waals surface area contributed by atoms with Gasteiger partial charge in [0.05, 0.1) is 11.9 Å². The van der Waals surface area contributed by atoms with Crippen LogP contribution in [0.25, 0.3) is 11.4 Å². The minimum absolute atomic E-state index is 0.259. The van der Waals surface area contributed by atoms with E-state index in [2.05, 4.69) is 26.5 Å². The molecule has 1 amide bonds. The highest BCUT2D eigenvalue weighted by Gasteiger charge is 2.06. The van der Waals surface area contributed by atoms with Crippen molar-refractivity contribution in [1.29, 1.82) is 0 Å². The van der Waals surface area contributed by atoms with Gasteiger partial charge in [0.2, 0.25) is 0 Å². The maximum Gasteiger partial charge on any atom is 0.271 e. The Morgan fingerprint density at radius 3 is 2.50 bits per heavy atom. The number of amides is 1.